The number of fused-ring (bicyclic) bond motifs is 1. The normalized spacial score (nSPS) is 19.6. The van der Waals surface area contributed by atoms with E-state index < -0.39 is 6.10 Å². The fourth-order valence-electron chi connectivity index (χ4n) is 4.07. The van der Waals surface area contributed by atoms with E-state index in [2.05, 4.69) is 67.4 Å². The minimum atomic E-state index is -1.19. The SMILES string of the molecule is Cc1ccc(C(c2ccc(C)cc2)N2CN(C(C)C)C(=O)C3=C(O)C(O)C=CN32)cc1. The van der Waals surface area contributed by atoms with Gasteiger partial charge >= 0.3 is 0 Å². The Kier molecular flexibility index (Phi) is 5.60. The summed E-state index contributed by atoms with van der Waals surface area (Å²) in [4.78, 5) is 14.9. The Labute approximate surface area is 183 Å². The van der Waals surface area contributed by atoms with E-state index in [4.69, 9.17) is 0 Å². The quantitative estimate of drug-likeness (QED) is 0.790. The molecule has 0 radical (unpaired) electrons. The Balaban J connectivity index is 1.88. The van der Waals surface area contributed by atoms with E-state index in [1.165, 1.54) is 17.2 Å². The first-order valence-electron chi connectivity index (χ1n) is 10.6. The van der Waals surface area contributed by atoms with Crippen molar-refractivity contribution in [1.29, 1.82) is 0 Å². The second-order valence-electron chi connectivity index (χ2n) is 8.54. The number of hydrogen-bond acceptors (Lipinski definition) is 5. The molecule has 31 heavy (non-hydrogen) atoms. The number of amides is 1. The summed E-state index contributed by atoms with van der Waals surface area (Å²) in [7, 11) is 0. The van der Waals surface area contributed by atoms with Crippen molar-refractivity contribution < 1.29 is 15.0 Å². The Bertz CT molecular complexity index is 979. The highest BCUT2D eigenvalue weighted by atomic mass is 16.3. The van der Waals surface area contributed by atoms with Gasteiger partial charge in [0.25, 0.3) is 5.91 Å². The Morgan fingerprint density at radius 1 is 0.935 bits per heavy atom. The summed E-state index contributed by atoms with van der Waals surface area (Å²) in [6, 6.07) is 16.4. The first-order valence-corrected chi connectivity index (χ1v) is 10.6. The monoisotopic (exact) mass is 419 g/mol. The maximum atomic E-state index is 13.2. The summed E-state index contributed by atoms with van der Waals surface area (Å²) in [5.41, 5.74) is 4.59. The average Bonchev–Trinajstić information content (AvgIpc) is 2.74. The lowest BCUT2D eigenvalue weighted by Crippen LogP contribution is -2.60. The van der Waals surface area contributed by atoms with Crippen LogP contribution in [0.1, 0.15) is 42.1 Å². The predicted molar refractivity (Wildman–Crippen MR) is 120 cm³/mol. The van der Waals surface area contributed by atoms with Gasteiger partial charge in [0.05, 0.1) is 12.7 Å². The number of carbonyl (C=O) groups excluding carboxylic acids is 1. The zero-order valence-corrected chi connectivity index (χ0v) is 18.4. The van der Waals surface area contributed by atoms with E-state index in [0.717, 1.165) is 11.1 Å². The van der Waals surface area contributed by atoms with Crippen LogP contribution in [0, 0.1) is 13.8 Å². The minimum absolute atomic E-state index is 0.0721. The van der Waals surface area contributed by atoms with Gasteiger partial charge in [0, 0.05) is 12.2 Å². The highest BCUT2D eigenvalue weighted by Crippen LogP contribution is 2.37. The van der Waals surface area contributed by atoms with Crippen molar-refractivity contribution in [2.24, 2.45) is 0 Å². The lowest BCUT2D eigenvalue weighted by Gasteiger charge is -2.49. The fraction of sp³-hybridized carbons (Fsp3) is 0.320. The van der Waals surface area contributed by atoms with Crippen LogP contribution in [0.3, 0.4) is 0 Å². The van der Waals surface area contributed by atoms with Crippen LogP contribution in [0.15, 0.2) is 72.3 Å². The van der Waals surface area contributed by atoms with Crippen molar-refractivity contribution in [2.45, 2.75) is 45.9 Å². The minimum Gasteiger partial charge on any atom is -0.507 e. The van der Waals surface area contributed by atoms with Gasteiger partial charge < -0.3 is 15.1 Å². The van der Waals surface area contributed by atoms with Crippen molar-refractivity contribution in [3.05, 3.63) is 94.5 Å². The fourth-order valence-corrected chi connectivity index (χ4v) is 4.07. The highest BCUT2D eigenvalue weighted by molar-refractivity contribution is 5.94. The van der Waals surface area contributed by atoms with E-state index in [-0.39, 0.29) is 29.4 Å². The van der Waals surface area contributed by atoms with Gasteiger partial charge in [0.2, 0.25) is 0 Å². The van der Waals surface area contributed by atoms with Crippen molar-refractivity contribution in [1.82, 2.24) is 14.9 Å². The second-order valence-corrected chi connectivity index (χ2v) is 8.54. The first-order chi connectivity index (χ1) is 14.8. The number of carbonyl (C=O) groups is 1. The van der Waals surface area contributed by atoms with Gasteiger partial charge in [-0.25, -0.2) is 0 Å². The summed E-state index contributed by atoms with van der Waals surface area (Å²) in [6.07, 6.45) is 1.97. The molecule has 6 heteroatoms. The van der Waals surface area contributed by atoms with E-state index >= 15 is 0 Å². The summed E-state index contributed by atoms with van der Waals surface area (Å²) >= 11 is 0. The van der Waals surface area contributed by atoms with Crippen LogP contribution >= 0.6 is 0 Å². The molecule has 1 atom stereocenters. The summed E-state index contributed by atoms with van der Waals surface area (Å²) in [5, 5.41) is 24.5. The number of rotatable bonds is 4. The molecule has 0 saturated carbocycles. The van der Waals surface area contributed by atoms with Crippen LogP contribution < -0.4 is 0 Å². The summed E-state index contributed by atoms with van der Waals surface area (Å²) in [6.45, 7) is 8.35. The second kappa shape index (κ2) is 8.21. The maximum Gasteiger partial charge on any atom is 0.276 e. The Hall–Kier alpha value is -3.09. The molecule has 6 nitrogen and oxygen atoms in total. The number of nitrogens with zero attached hydrogens (tertiary/aromatic N) is 3. The van der Waals surface area contributed by atoms with Crippen molar-refractivity contribution in [3.63, 3.8) is 0 Å². The summed E-state index contributed by atoms with van der Waals surface area (Å²) in [5.74, 6) is -0.617. The van der Waals surface area contributed by atoms with Gasteiger partial charge in [0.15, 0.2) is 11.5 Å². The average molecular weight is 420 g/mol. The molecule has 4 rings (SSSR count). The highest BCUT2D eigenvalue weighted by Gasteiger charge is 2.43. The van der Waals surface area contributed by atoms with Crippen molar-refractivity contribution >= 4 is 5.91 Å². The zero-order chi connectivity index (χ0) is 22.3. The molecule has 2 heterocycles. The molecule has 1 fully saturated rings. The number of aliphatic hydroxyl groups is 2. The molecule has 1 amide bonds. The van der Waals surface area contributed by atoms with Gasteiger partial charge in [-0.15, -0.1) is 0 Å². The van der Waals surface area contributed by atoms with Crippen LogP contribution in [0.4, 0.5) is 0 Å². The molecule has 0 aromatic heterocycles. The number of aryl methyl sites for hydroxylation is 2. The number of benzene rings is 2. The molecule has 0 aliphatic carbocycles. The molecule has 162 valence electrons. The molecule has 1 saturated heterocycles. The topological polar surface area (TPSA) is 67.2 Å². The van der Waals surface area contributed by atoms with Gasteiger partial charge in [-0.1, -0.05) is 59.7 Å². The first kappa shape index (κ1) is 21.2. The third-order valence-corrected chi connectivity index (χ3v) is 5.91. The van der Waals surface area contributed by atoms with Crippen LogP contribution in [-0.4, -0.2) is 49.9 Å². The number of hydrogen-bond donors (Lipinski definition) is 2. The molecule has 2 aromatic rings. The predicted octanol–water partition coefficient (Wildman–Crippen LogP) is 3.78. The van der Waals surface area contributed by atoms with Crippen LogP contribution in [-0.2, 0) is 4.79 Å². The Morgan fingerprint density at radius 2 is 1.45 bits per heavy atom. The standard InChI is InChI=1S/C25H29N3O3/c1-16(2)26-15-28(27-14-13-21(29)24(30)23(27)25(26)31)22(19-9-5-17(3)6-10-19)20-11-7-18(4)8-12-20/h5-14,16,21-22,29-30H,15H2,1-4H3. The molecular formula is C25H29N3O3. The molecule has 2 aromatic carbocycles. The maximum absolute atomic E-state index is 13.2. The molecule has 1 unspecified atom stereocenters. The van der Waals surface area contributed by atoms with E-state index in [0.29, 0.717) is 6.67 Å². The zero-order valence-electron chi connectivity index (χ0n) is 18.4. The molecule has 2 aliphatic heterocycles. The third kappa shape index (κ3) is 3.84. The van der Waals surface area contributed by atoms with E-state index in [1.807, 2.05) is 13.8 Å². The summed E-state index contributed by atoms with van der Waals surface area (Å²) < 4.78 is 0. The van der Waals surface area contributed by atoms with Gasteiger partial charge in [-0.3, -0.25) is 9.80 Å². The molecule has 2 N–H and O–H groups in total. The lowest BCUT2D eigenvalue weighted by molar-refractivity contribution is -0.153. The van der Waals surface area contributed by atoms with Crippen LogP contribution in [0.2, 0.25) is 0 Å². The van der Waals surface area contributed by atoms with Gasteiger partial charge in [-0.2, -0.15) is 5.01 Å². The van der Waals surface area contributed by atoms with Crippen LogP contribution in [0.5, 0.6) is 0 Å². The van der Waals surface area contributed by atoms with Crippen molar-refractivity contribution in [2.75, 3.05) is 6.67 Å². The molecule has 0 bridgehead atoms. The molecule has 0 spiro atoms. The van der Waals surface area contributed by atoms with E-state index in [9.17, 15) is 15.0 Å². The molecule has 2 aliphatic rings. The third-order valence-electron chi connectivity index (χ3n) is 5.91. The number of hydrazine groups is 1. The lowest BCUT2D eigenvalue weighted by atomic mass is 9.96. The number of aliphatic hydroxyl groups excluding tert-OH is 2. The smallest absolute Gasteiger partial charge is 0.276 e. The van der Waals surface area contributed by atoms with Crippen molar-refractivity contribution in [3.8, 4) is 0 Å². The van der Waals surface area contributed by atoms with Crippen LogP contribution in [0.25, 0.3) is 0 Å². The Morgan fingerprint density at radius 3 is 1.94 bits per heavy atom. The van der Waals surface area contributed by atoms with Gasteiger partial charge in [0.1, 0.15) is 6.10 Å². The van der Waals surface area contributed by atoms with Gasteiger partial charge in [-0.05, 0) is 44.9 Å². The largest absolute Gasteiger partial charge is 0.507 e. The molecular weight excluding hydrogens is 390 g/mol. The van der Waals surface area contributed by atoms with E-state index in [1.54, 1.807) is 16.1 Å².